The molecule has 0 spiro atoms. The smallest absolute Gasteiger partial charge is 0.123 e. The van der Waals surface area contributed by atoms with Gasteiger partial charge in [-0.25, -0.2) is 4.39 Å². The Morgan fingerprint density at radius 1 is 1.09 bits per heavy atom. The lowest BCUT2D eigenvalue weighted by Gasteiger charge is -2.25. The quantitative estimate of drug-likeness (QED) is 0.802. The Kier molecular flexibility index (Phi) is 4.74. The minimum absolute atomic E-state index is 0.167. The maximum atomic E-state index is 13.1. The molecule has 3 heteroatoms. The summed E-state index contributed by atoms with van der Waals surface area (Å²) in [6, 6.07) is 15.7. The second-order valence-electron chi connectivity index (χ2n) is 5.76. The van der Waals surface area contributed by atoms with E-state index in [4.69, 9.17) is 4.74 Å². The molecule has 2 aromatic rings. The predicted molar refractivity (Wildman–Crippen MR) is 86.4 cm³/mol. The molecule has 0 unspecified atom stereocenters. The van der Waals surface area contributed by atoms with E-state index in [1.54, 1.807) is 12.1 Å². The van der Waals surface area contributed by atoms with Crippen LogP contribution in [0.2, 0.25) is 0 Å². The van der Waals surface area contributed by atoms with E-state index in [0.717, 1.165) is 25.3 Å². The topological polar surface area (TPSA) is 12.5 Å². The molecule has 0 saturated carbocycles. The molecule has 3 rings (SSSR count). The summed E-state index contributed by atoms with van der Waals surface area (Å²) in [7, 11) is 0. The lowest BCUT2D eigenvalue weighted by atomic mass is 10.0. The van der Waals surface area contributed by atoms with E-state index in [-0.39, 0.29) is 5.82 Å². The van der Waals surface area contributed by atoms with Crippen LogP contribution in [-0.2, 0) is 6.54 Å². The van der Waals surface area contributed by atoms with Crippen LogP contribution in [0.25, 0.3) is 0 Å². The average molecular weight is 299 g/mol. The van der Waals surface area contributed by atoms with Crippen molar-refractivity contribution in [1.82, 2.24) is 4.90 Å². The highest BCUT2D eigenvalue weighted by atomic mass is 19.1. The zero-order chi connectivity index (χ0) is 15.4. The molecule has 1 heterocycles. The molecule has 2 nitrogen and oxygen atoms in total. The third kappa shape index (κ3) is 3.47. The van der Waals surface area contributed by atoms with Crippen molar-refractivity contribution >= 4 is 0 Å². The number of halogens is 1. The molecule has 116 valence electrons. The Balaban J connectivity index is 1.69. The molecular weight excluding hydrogens is 277 g/mol. The van der Waals surface area contributed by atoms with Crippen molar-refractivity contribution in [1.29, 1.82) is 0 Å². The molecule has 1 aliphatic heterocycles. The second-order valence-corrected chi connectivity index (χ2v) is 5.76. The van der Waals surface area contributed by atoms with Crippen molar-refractivity contribution in [3.8, 4) is 5.75 Å². The van der Waals surface area contributed by atoms with E-state index in [0.29, 0.717) is 12.6 Å². The molecule has 1 fully saturated rings. The van der Waals surface area contributed by atoms with Gasteiger partial charge in [0, 0.05) is 12.6 Å². The first-order valence-electron chi connectivity index (χ1n) is 7.97. The lowest BCUT2D eigenvalue weighted by Crippen LogP contribution is -2.22. The third-order valence-corrected chi connectivity index (χ3v) is 4.24. The number of likely N-dealkylation sites (tertiary alicyclic amines) is 1. The summed E-state index contributed by atoms with van der Waals surface area (Å²) >= 11 is 0. The van der Waals surface area contributed by atoms with Crippen LogP contribution in [-0.4, -0.2) is 18.1 Å². The monoisotopic (exact) mass is 299 g/mol. The van der Waals surface area contributed by atoms with Gasteiger partial charge in [-0.1, -0.05) is 24.3 Å². The largest absolute Gasteiger partial charge is 0.494 e. The van der Waals surface area contributed by atoms with E-state index < -0.39 is 0 Å². The van der Waals surface area contributed by atoms with E-state index in [1.807, 2.05) is 31.2 Å². The molecule has 2 aromatic carbocycles. The van der Waals surface area contributed by atoms with Gasteiger partial charge in [0.05, 0.1) is 6.61 Å². The van der Waals surface area contributed by atoms with Crippen LogP contribution < -0.4 is 4.74 Å². The Bertz CT molecular complexity index is 594. The van der Waals surface area contributed by atoms with E-state index in [9.17, 15) is 4.39 Å². The normalized spacial score (nSPS) is 18.5. The molecule has 0 bridgehead atoms. The Labute approximate surface area is 131 Å². The lowest BCUT2D eigenvalue weighted by molar-refractivity contribution is 0.248. The molecular formula is C19H22FNO. The zero-order valence-electron chi connectivity index (χ0n) is 13.0. The maximum Gasteiger partial charge on any atom is 0.123 e. The summed E-state index contributed by atoms with van der Waals surface area (Å²) in [6.07, 6.45) is 2.34. The average Bonchev–Trinajstić information content (AvgIpc) is 2.98. The van der Waals surface area contributed by atoms with E-state index in [1.165, 1.54) is 17.5 Å². The van der Waals surface area contributed by atoms with Gasteiger partial charge in [0.2, 0.25) is 0 Å². The van der Waals surface area contributed by atoms with Gasteiger partial charge in [0.25, 0.3) is 0 Å². The first-order chi connectivity index (χ1) is 10.8. The van der Waals surface area contributed by atoms with Crippen LogP contribution in [0, 0.1) is 5.82 Å². The highest BCUT2D eigenvalue weighted by Gasteiger charge is 2.25. The summed E-state index contributed by atoms with van der Waals surface area (Å²) in [5.74, 6) is 0.752. The fourth-order valence-corrected chi connectivity index (χ4v) is 3.17. The highest BCUT2D eigenvalue weighted by molar-refractivity contribution is 5.28. The van der Waals surface area contributed by atoms with Gasteiger partial charge in [-0.15, -0.1) is 0 Å². The van der Waals surface area contributed by atoms with Gasteiger partial charge in [-0.2, -0.15) is 0 Å². The fourth-order valence-electron chi connectivity index (χ4n) is 3.17. The summed E-state index contributed by atoms with van der Waals surface area (Å²) in [6.45, 7) is 4.70. The summed E-state index contributed by atoms with van der Waals surface area (Å²) < 4.78 is 18.6. The predicted octanol–water partition coefficient (Wildman–Crippen LogP) is 4.56. The Hall–Kier alpha value is -1.87. The summed E-state index contributed by atoms with van der Waals surface area (Å²) in [5.41, 5.74) is 2.50. The highest BCUT2D eigenvalue weighted by Crippen LogP contribution is 2.33. The number of nitrogens with zero attached hydrogens (tertiary/aromatic N) is 1. The van der Waals surface area contributed by atoms with Gasteiger partial charge >= 0.3 is 0 Å². The van der Waals surface area contributed by atoms with Crippen LogP contribution in [0.3, 0.4) is 0 Å². The van der Waals surface area contributed by atoms with Crippen LogP contribution >= 0.6 is 0 Å². The van der Waals surface area contributed by atoms with Crippen molar-refractivity contribution in [2.24, 2.45) is 0 Å². The van der Waals surface area contributed by atoms with Crippen molar-refractivity contribution < 1.29 is 9.13 Å². The number of hydrogen-bond donors (Lipinski definition) is 0. The molecule has 1 atom stereocenters. The molecule has 0 N–H and O–H groups in total. The van der Waals surface area contributed by atoms with Gasteiger partial charge < -0.3 is 4.74 Å². The molecule has 0 amide bonds. The van der Waals surface area contributed by atoms with Gasteiger partial charge in [-0.05, 0) is 61.7 Å². The van der Waals surface area contributed by atoms with Gasteiger partial charge in [0.15, 0.2) is 0 Å². The Morgan fingerprint density at radius 3 is 2.50 bits per heavy atom. The molecule has 0 aromatic heterocycles. The maximum absolute atomic E-state index is 13.1. The summed E-state index contributed by atoms with van der Waals surface area (Å²) in [5, 5.41) is 0. The van der Waals surface area contributed by atoms with Crippen LogP contribution in [0.1, 0.15) is 36.9 Å². The Morgan fingerprint density at radius 2 is 1.82 bits per heavy atom. The molecule has 0 radical (unpaired) electrons. The number of hydrogen-bond acceptors (Lipinski definition) is 2. The molecule has 1 saturated heterocycles. The van der Waals surface area contributed by atoms with E-state index >= 15 is 0 Å². The van der Waals surface area contributed by atoms with Gasteiger partial charge in [0.1, 0.15) is 11.6 Å². The van der Waals surface area contributed by atoms with E-state index in [2.05, 4.69) is 17.0 Å². The fraction of sp³-hybridized carbons (Fsp3) is 0.368. The third-order valence-electron chi connectivity index (χ3n) is 4.24. The standard InChI is InChI=1S/C19H22FNO/c1-2-22-18-11-5-15(6-12-18)14-21-13-3-4-19(21)16-7-9-17(20)10-8-16/h5-12,19H,2-4,13-14H2,1H3/t19-/m1/s1. The van der Waals surface area contributed by atoms with Gasteiger partial charge in [-0.3, -0.25) is 4.90 Å². The number of ether oxygens (including phenoxy) is 1. The SMILES string of the molecule is CCOc1ccc(CN2CCC[C@@H]2c2ccc(F)cc2)cc1. The van der Waals surface area contributed by atoms with Crippen LogP contribution in [0.4, 0.5) is 4.39 Å². The molecule has 0 aliphatic carbocycles. The minimum atomic E-state index is -0.167. The molecule has 22 heavy (non-hydrogen) atoms. The minimum Gasteiger partial charge on any atom is -0.494 e. The first kappa shape index (κ1) is 15.0. The van der Waals surface area contributed by atoms with Crippen molar-refractivity contribution in [3.05, 3.63) is 65.5 Å². The zero-order valence-corrected chi connectivity index (χ0v) is 13.0. The van der Waals surface area contributed by atoms with Crippen molar-refractivity contribution in [3.63, 3.8) is 0 Å². The summed E-state index contributed by atoms with van der Waals surface area (Å²) in [4.78, 5) is 2.48. The number of benzene rings is 2. The van der Waals surface area contributed by atoms with Crippen molar-refractivity contribution in [2.45, 2.75) is 32.4 Å². The van der Waals surface area contributed by atoms with Crippen LogP contribution in [0.5, 0.6) is 5.75 Å². The number of rotatable bonds is 5. The molecule has 1 aliphatic rings. The van der Waals surface area contributed by atoms with Crippen molar-refractivity contribution in [2.75, 3.05) is 13.2 Å². The second kappa shape index (κ2) is 6.93. The first-order valence-corrected chi connectivity index (χ1v) is 7.97. The van der Waals surface area contributed by atoms with Crippen LogP contribution in [0.15, 0.2) is 48.5 Å².